The number of carbonyl (C=O) groups excluding carboxylic acids is 1. The first-order valence-electron chi connectivity index (χ1n) is 7.97. The van der Waals surface area contributed by atoms with Gasteiger partial charge in [0.05, 0.1) is 6.54 Å². The molecule has 1 aromatic carbocycles. The topological polar surface area (TPSA) is 38.8 Å². The second kappa shape index (κ2) is 8.08. The van der Waals surface area contributed by atoms with Crippen LogP contribution in [0.25, 0.3) is 0 Å². The molecule has 4 nitrogen and oxygen atoms in total. The SMILES string of the molecule is Cc1cc(CN(C)CC(=O)OC(C)(C)C)cc(C)c1OCC(F)(F)F. The number of hydrogen-bond donors (Lipinski definition) is 0. The van der Waals surface area contributed by atoms with Crippen molar-refractivity contribution in [3.05, 3.63) is 28.8 Å². The second-order valence-corrected chi connectivity index (χ2v) is 7.22. The van der Waals surface area contributed by atoms with Crippen molar-refractivity contribution < 1.29 is 27.4 Å². The van der Waals surface area contributed by atoms with E-state index < -0.39 is 18.4 Å². The Morgan fingerprint density at radius 2 is 1.64 bits per heavy atom. The first-order chi connectivity index (χ1) is 11.3. The van der Waals surface area contributed by atoms with Gasteiger partial charge in [0.25, 0.3) is 0 Å². The van der Waals surface area contributed by atoms with E-state index in [1.54, 1.807) is 58.7 Å². The third-order valence-electron chi connectivity index (χ3n) is 3.17. The molecule has 25 heavy (non-hydrogen) atoms. The fourth-order valence-electron chi connectivity index (χ4n) is 2.47. The molecule has 0 saturated heterocycles. The van der Waals surface area contributed by atoms with Gasteiger partial charge in [-0.05, 0) is 58.4 Å². The van der Waals surface area contributed by atoms with E-state index in [-0.39, 0.29) is 18.3 Å². The van der Waals surface area contributed by atoms with Crippen molar-refractivity contribution >= 4 is 5.97 Å². The Morgan fingerprint density at radius 1 is 1.12 bits per heavy atom. The standard InChI is InChI=1S/C18H26F3NO3/c1-12-7-14(8-13(2)16(12)24-11-18(19,20)21)9-22(6)10-15(23)25-17(3,4)5/h7-8H,9-11H2,1-6H3. The van der Waals surface area contributed by atoms with Gasteiger partial charge < -0.3 is 9.47 Å². The summed E-state index contributed by atoms with van der Waals surface area (Å²) >= 11 is 0. The van der Waals surface area contributed by atoms with E-state index in [1.165, 1.54) is 0 Å². The van der Waals surface area contributed by atoms with Crippen molar-refractivity contribution in [1.29, 1.82) is 0 Å². The average Bonchev–Trinajstić information content (AvgIpc) is 2.32. The maximum Gasteiger partial charge on any atom is 0.422 e. The van der Waals surface area contributed by atoms with Crippen LogP contribution in [0.1, 0.15) is 37.5 Å². The molecule has 0 unspecified atom stereocenters. The van der Waals surface area contributed by atoms with Gasteiger partial charge in [-0.2, -0.15) is 13.2 Å². The lowest BCUT2D eigenvalue weighted by atomic mass is 10.1. The number of esters is 1. The maximum absolute atomic E-state index is 12.3. The molecule has 1 rings (SSSR count). The number of likely N-dealkylation sites (N-methyl/N-ethyl adjacent to an activating group) is 1. The Bertz CT molecular complexity index is 584. The fourth-order valence-corrected chi connectivity index (χ4v) is 2.47. The molecule has 0 aliphatic carbocycles. The van der Waals surface area contributed by atoms with Gasteiger partial charge in [-0.1, -0.05) is 12.1 Å². The van der Waals surface area contributed by atoms with Crippen molar-refractivity contribution in [2.24, 2.45) is 0 Å². The highest BCUT2D eigenvalue weighted by Gasteiger charge is 2.29. The molecule has 0 saturated carbocycles. The summed E-state index contributed by atoms with van der Waals surface area (Å²) in [5, 5.41) is 0. The Labute approximate surface area is 146 Å². The number of alkyl halides is 3. The minimum absolute atomic E-state index is 0.127. The van der Waals surface area contributed by atoms with E-state index in [0.29, 0.717) is 17.7 Å². The van der Waals surface area contributed by atoms with Crippen LogP contribution in [0.2, 0.25) is 0 Å². The molecule has 0 bridgehead atoms. The summed E-state index contributed by atoms with van der Waals surface area (Å²) in [5.41, 5.74) is 1.61. The summed E-state index contributed by atoms with van der Waals surface area (Å²) in [6.07, 6.45) is -4.37. The summed E-state index contributed by atoms with van der Waals surface area (Å²) in [6.45, 7) is 8.10. The number of carbonyl (C=O) groups is 1. The number of nitrogens with zero attached hydrogens (tertiary/aromatic N) is 1. The Kier molecular flexibility index (Phi) is 6.88. The zero-order valence-electron chi connectivity index (χ0n) is 15.6. The zero-order valence-corrected chi connectivity index (χ0v) is 15.6. The number of rotatable bonds is 6. The number of benzene rings is 1. The van der Waals surface area contributed by atoms with Crippen molar-refractivity contribution in [3.8, 4) is 5.75 Å². The predicted molar refractivity (Wildman–Crippen MR) is 89.6 cm³/mol. The maximum atomic E-state index is 12.3. The zero-order chi connectivity index (χ0) is 19.4. The largest absolute Gasteiger partial charge is 0.484 e. The van der Waals surface area contributed by atoms with Crippen LogP contribution in [0.4, 0.5) is 13.2 Å². The van der Waals surface area contributed by atoms with Gasteiger partial charge in [0.1, 0.15) is 11.4 Å². The van der Waals surface area contributed by atoms with Gasteiger partial charge in [-0.25, -0.2) is 0 Å². The van der Waals surface area contributed by atoms with Crippen molar-refractivity contribution in [2.75, 3.05) is 20.2 Å². The van der Waals surface area contributed by atoms with Crippen LogP contribution >= 0.6 is 0 Å². The monoisotopic (exact) mass is 361 g/mol. The third-order valence-corrected chi connectivity index (χ3v) is 3.17. The van der Waals surface area contributed by atoms with Crippen LogP contribution in [-0.4, -0.2) is 42.8 Å². The molecule has 0 spiro atoms. The number of halogens is 3. The normalized spacial score (nSPS) is 12.4. The summed E-state index contributed by atoms with van der Waals surface area (Å²) in [6, 6.07) is 3.54. The van der Waals surface area contributed by atoms with Crippen LogP contribution in [0, 0.1) is 13.8 Å². The minimum atomic E-state index is -4.37. The highest BCUT2D eigenvalue weighted by Crippen LogP contribution is 2.27. The van der Waals surface area contributed by atoms with Crippen LogP contribution in [-0.2, 0) is 16.1 Å². The lowest BCUT2D eigenvalue weighted by Crippen LogP contribution is -2.32. The van der Waals surface area contributed by atoms with E-state index in [1.807, 2.05) is 0 Å². The quantitative estimate of drug-likeness (QED) is 0.718. The Balaban J connectivity index is 2.72. The first-order valence-corrected chi connectivity index (χ1v) is 7.97. The smallest absolute Gasteiger partial charge is 0.422 e. The molecule has 0 radical (unpaired) electrons. The van der Waals surface area contributed by atoms with Gasteiger partial charge in [0, 0.05) is 6.54 Å². The third kappa shape index (κ3) is 8.25. The summed E-state index contributed by atoms with van der Waals surface area (Å²) in [7, 11) is 1.78. The number of aryl methyl sites for hydroxylation is 2. The van der Waals surface area contributed by atoms with E-state index in [2.05, 4.69) is 0 Å². The highest BCUT2D eigenvalue weighted by molar-refractivity contribution is 5.72. The number of hydrogen-bond acceptors (Lipinski definition) is 4. The predicted octanol–water partition coefficient (Wildman–Crippen LogP) is 4.02. The lowest BCUT2D eigenvalue weighted by Gasteiger charge is -2.23. The molecule has 142 valence electrons. The molecular weight excluding hydrogens is 335 g/mol. The molecule has 0 aromatic heterocycles. The molecule has 1 aromatic rings. The summed E-state index contributed by atoms with van der Waals surface area (Å²) in [5.74, 6) is -0.0792. The average molecular weight is 361 g/mol. The molecule has 7 heteroatoms. The van der Waals surface area contributed by atoms with Gasteiger partial charge in [0.2, 0.25) is 0 Å². The Hall–Kier alpha value is -1.76. The van der Waals surface area contributed by atoms with Crippen molar-refractivity contribution in [3.63, 3.8) is 0 Å². The molecule has 0 aliphatic heterocycles. The minimum Gasteiger partial charge on any atom is -0.484 e. The van der Waals surface area contributed by atoms with E-state index in [4.69, 9.17) is 9.47 Å². The molecule has 0 fully saturated rings. The van der Waals surface area contributed by atoms with Gasteiger partial charge in [-0.3, -0.25) is 9.69 Å². The highest BCUT2D eigenvalue weighted by atomic mass is 19.4. The van der Waals surface area contributed by atoms with E-state index in [0.717, 1.165) is 5.56 Å². The van der Waals surface area contributed by atoms with Gasteiger partial charge in [0.15, 0.2) is 6.61 Å². The van der Waals surface area contributed by atoms with Crippen LogP contribution in [0.15, 0.2) is 12.1 Å². The molecule has 0 N–H and O–H groups in total. The van der Waals surface area contributed by atoms with Crippen LogP contribution < -0.4 is 4.74 Å². The second-order valence-electron chi connectivity index (χ2n) is 7.22. The molecule has 0 atom stereocenters. The van der Waals surface area contributed by atoms with Crippen molar-refractivity contribution in [2.45, 2.75) is 52.9 Å². The fraction of sp³-hybridized carbons (Fsp3) is 0.611. The van der Waals surface area contributed by atoms with Crippen molar-refractivity contribution in [1.82, 2.24) is 4.90 Å². The van der Waals surface area contributed by atoms with Gasteiger partial charge in [-0.15, -0.1) is 0 Å². The van der Waals surface area contributed by atoms with Crippen LogP contribution in [0.5, 0.6) is 5.75 Å². The lowest BCUT2D eigenvalue weighted by molar-refractivity contribution is -0.156. The van der Waals surface area contributed by atoms with E-state index in [9.17, 15) is 18.0 Å². The molecule has 0 aliphatic rings. The molecular formula is C18H26F3NO3. The summed E-state index contributed by atoms with van der Waals surface area (Å²) in [4.78, 5) is 13.6. The Morgan fingerprint density at radius 3 is 2.08 bits per heavy atom. The van der Waals surface area contributed by atoms with E-state index >= 15 is 0 Å². The first kappa shape index (κ1) is 21.3. The molecule has 0 amide bonds. The molecule has 0 heterocycles. The van der Waals surface area contributed by atoms with Gasteiger partial charge >= 0.3 is 12.1 Å². The number of ether oxygens (including phenoxy) is 2. The van der Waals surface area contributed by atoms with Crippen LogP contribution in [0.3, 0.4) is 0 Å². The summed E-state index contributed by atoms with van der Waals surface area (Å²) < 4.78 is 47.1.